The fourth-order valence-electron chi connectivity index (χ4n) is 12.1. The molecule has 0 spiro atoms. The molecule has 24 nitrogen and oxygen atoms in total. The second-order valence-electron chi connectivity index (χ2n) is 28.2. The van der Waals surface area contributed by atoms with Crippen molar-refractivity contribution in [1.82, 2.24) is 16.0 Å². The van der Waals surface area contributed by atoms with Crippen LogP contribution in [0.3, 0.4) is 0 Å². The minimum Gasteiger partial charge on any atom is -0.480 e. The summed E-state index contributed by atoms with van der Waals surface area (Å²) in [5, 5.41) is 29.1. The quantitative estimate of drug-likeness (QED) is 0.0265. The summed E-state index contributed by atoms with van der Waals surface area (Å²) in [6.45, 7) is 16.8. The molecule has 29 heteroatoms. The number of benzene rings is 2. The van der Waals surface area contributed by atoms with Crippen molar-refractivity contribution in [2.24, 2.45) is 5.41 Å². The van der Waals surface area contributed by atoms with Crippen LogP contribution >= 0.6 is 23.2 Å². The van der Waals surface area contributed by atoms with Gasteiger partial charge in [0.2, 0.25) is 17.7 Å². The van der Waals surface area contributed by atoms with Gasteiger partial charge < -0.3 is 88.1 Å². The Hall–Kier alpha value is -4.85. The SMILES string of the molecule is CCCCCCCCCCCCOCC(C[N+](C)(C)CCCNC(=O)CCOCCOCCOCCOCCOCCOCCOCCOCCOCCC(=O)NCCC1(C(=O)N[C@@H](Cc2ccc(NC(=O)c3c(Cl)cccc3Cl)cc2)C(=O)O)CCCC1)OCCCCCCCCCCCC.O=C(O)C(F)(F)F. The number of carbonyl (C=O) groups is 6. The number of unbranched alkanes of at least 4 members (excludes halogenated alkanes) is 18. The van der Waals surface area contributed by atoms with Crippen molar-refractivity contribution in [2.45, 2.75) is 218 Å². The van der Waals surface area contributed by atoms with Crippen LogP contribution in [0.2, 0.25) is 10.0 Å². The molecule has 0 saturated heterocycles. The van der Waals surface area contributed by atoms with Crippen molar-refractivity contribution in [3.8, 4) is 0 Å². The van der Waals surface area contributed by atoms with Crippen molar-refractivity contribution < 1.29 is 109 Å². The number of nitrogens with zero attached hydrogens (tertiary/aromatic N) is 1. The molecule has 1 aliphatic carbocycles. The molecular weight excluding hydrogens is 1460 g/mol. The lowest BCUT2D eigenvalue weighted by Gasteiger charge is -2.33. The van der Waals surface area contributed by atoms with E-state index >= 15 is 0 Å². The van der Waals surface area contributed by atoms with Gasteiger partial charge in [-0.05, 0) is 61.9 Å². The van der Waals surface area contributed by atoms with Crippen molar-refractivity contribution in [2.75, 3.05) is 184 Å². The Morgan fingerprint density at radius 2 is 0.890 bits per heavy atom. The van der Waals surface area contributed by atoms with Gasteiger partial charge in [-0.2, -0.15) is 13.2 Å². The Balaban J connectivity index is 0.00000547. The molecule has 4 amide bonds. The van der Waals surface area contributed by atoms with Gasteiger partial charge in [0.15, 0.2) is 0 Å². The van der Waals surface area contributed by atoms with Gasteiger partial charge in [-0.3, -0.25) is 19.2 Å². The van der Waals surface area contributed by atoms with Crippen LogP contribution in [0.5, 0.6) is 0 Å². The standard InChI is InChI=1S/C78H133Cl2N5O17.C2HF3O2/c1-5-7-9-11-13-15-17-19-21-25-43-101-65-68(102-44-26-22-20-18-16-14-12-10-8-6-2)64-85(3,4)42-28-40-81-72(86)35-45-92-47-49-94-51-53-96-55-57-98-59-61-100-62-60-99-58-56-97-54-52-95-50-48-93-46-36-73(87)82-41-39-78(37-23-24-38-78)77(91)84-71(76(89)90)63-66-31-33-67(34-32-66)83-75(88)74-69(79)29-27-30-70(74)80;3-2(4,5)1(6)7/h27,29-34,68,71H,5-26,28,35-65H2,1-4H3,(H4-,81,82,83,84,86,87,88,89,90,91);(H,6,7)/p+1/t68?,71-;/m0./s1. The highest BCUT2D eigenvalue weighted by molar-refractivity contribution is 6.40. The van der Waals surface area contributed by atoms with E-state index in [1.165, 1.54) is 116 Å². The smallest absolute Gasteiger partial charge is 0.480 e. The minimum atomic E-state index is -5.08. The number of quaternary nitrogens is 1. The third-order valence-electron chi connectivity index (χ3n) is 18.3. The normalized spacial score (nSPS) is 13.4. The summed E-state index contributed by atoms with van der Waals surface area (Å²) in [7, 11) is 4.51. The van der Waals surface area contributed by atoms with E-state index in [0.29, 0.717) is 162 Å². The van der Waals surface area contributed by atoms with Crippen molar-refractivity contribution in [3.05, 3.63) is 63.6 Å². The summed E-state index contributed by atoms with van der Waals surface area (Å²) in [5.41, 5.74) is 0.467. The fraction of sp³-hybridized carbons (Fsp3) is 0.775. The molecule has 0 heterocycles. The Labute approximate surface area is 657 Å². The molecule has 1 aliphatic rings. The topological polar surface area (TPSA) is 293 Å². The van der Waals surface area contributed by atoms with E-state index in [-0.39, 0.29) is 65.4 Å². The number of anilines is 1. The molecular formula is C80H135Cl2F3N5O19+. The molecule has 0 aliphatic heterocycles. The number of amides is 4. The zero-order chi connectivity index (χ0) is 79.7. The predicted molar refractivity (Wildman–Crippen MR) is 417 cm³/mol. The van der Waals surface area contributed by atoms with E-state index in [1.54, 1.807) is 42.5 Å². The van der Waals surface area contributed by atoms with Crippen LogP contribution in [0.4, 0.5) is 18.9 Å². The lowest BCUT2D eigenvalue weighted by Crippen LogP contribution is -2.49. The van der Waals surface area contributed by atoms with Gasteiger partial charge in [0.1, 0.15) is 18.7 Å². The first kappa shape index (κ1) is 100. The Morgan fingerprint density at radius 1 is 0.505 bits per heavy atom. The highest BCUT2D eigenvalue weighted by Crippen LogP contribution is 2.41. The second-order valence-corrected chi connectivity index (χ2v) is 29.0. The number of carbonyl (C=O) groups excluding carboxylic acids is 4. The van der Waals surface area contributed by atoms with Gasteiger partial charge in [0.25, 0.3) is 5.91 Å². The number of halogens is 5. The van der Waals surface area contributed by atoms with Gasteiger partial charge in [-0.1, -0.05) is 184 Å². The van der Waals surface area contributed by atoms with E-state index in [2.05, 4.69) is 49.2 Å². The van der Waals surface area contributed by atoms with E-state index in [4.69, 9.17) is 85.2 Å². The summed E-state index contributed by atoms with van der Waals surface area (Å²) >= 11 is 12.3. The minimum absolute atomic E-state index is 0.00284. The highest BCUT2D eigenvalue weighted by Gasteiger charge is 2.42. The Morgan fingerprint density at radius 3 is 1.29 bits per heavy atom. The molecule has 0 bridgehead atoms. The van der Waals surface area contributed by atoms with Crippen LogP contribution in [-0.4, -0.2) is 248 Å². The number of ether oxygens (including phenoxy) is 11. The number of likely N-dealkylation sites (N-methyl/N-ethyl adjacent to an activating group) is 1. The first-order valence-electron chi connectivity index (χ1n) is 40.1. The van der Waals surface area contributed by atoms with Gasteiger partial charge in [0.05, 0.1) is 167 Å². The van der Waals surface area contributed by atoms with Gasteiger partial charge in [-0.25, -0.2) is 9.59 Å². The molecule has 2 aromatic carbocycles. The molecule has 1 fully saturated rings. The molecule has 3 rings (SSSR count). The summed E-state index contributed by atoms with van der Waals surface area (Å²) < 4.78 is 95.5. The third kappa shape index (κ3) is 54.5. The average molecular weight is 1600 g/mol. The maximum absolute atomic E-state index is 13.7. The molecule has 628 valence electrons. The summed E-state index contributed by atoms with van der Waals surface area (Å²) in [6.07, 6.45) is 25.9. The lowest BCUT2D eigenvalue weighted by atomic mass is 9.81. The predicted octanol–water partition coefficient (Wildman–Crippen LogP) is 13.8. The third-order valence-corrected chi connectivity index (χ3v) is 19.0. The number of carboxylic acid groups (broad SMARTS) is 2. The van der Waals surface area contributed by atoms with Gasteiger partial charge >= 0.3 is 18.1 Å². The number of aliphatic carboxylic acids is 2. The number of rotatable bonds is 71. The van der Waals surface area contributed by atoms with Gasteiger partial charge in [0, 0.05) is 57.7 Å². The maximum Gasteiger partial charge on any atom is 0.490 e. The summed E-state index contributed by atoms with van der Waals surface area (Å²) in [5.74, 6) is -4.96. The van der Waals surface area contributed by atoms with Crippen molar-refractivity contribution in [1.29, 1.82) is 0 Å². The maximum atomic E-state index is 13.7. The van der Waals surface area contributed by atoms with Crippen LogP contribution in [0.25, 0.3) is 0 Å². The molecule has 6 N–H and O–H groups in total. The molecule has 0 radical (unpaired) electrons. The molecule has 1 unspecified atom stereocenters. The number of alkyl halides is 3. The van der Waals surface area contributed by atoms with Crippen molar-refractivity contribution in [3.63, 3.8) is 0 Å². The van der Waals surface area contributed by atoms with Crippen molar-refractivity contribution >= 4 is 64.5 Å². The van der Waals surface area contributed by atoms with E-state index in [9.17, 15) is 42.3 Å². The van der Waals surface area contributed by atoms with Crippen LogP contribution < -0.4 is 21.3 Å². The number of nitrogens with one attached hydrogen (secondary N) is 4. The largest absolute Gasteiger partial charge is 0.490 e. The second kappa shape index (κ2) is 65.5. The monoisotopic (exact) mass is 1600 g/mol. The van der Waals surface area contributed by atoms with Gasteiger partial charge in [-0.15, -0.1) is 0 Å². The van der Waals surface area contributed by atoms with E-state index in [0.717, 1.165) is 62.9 Å². The molecule has 0 aromatic heterocycles. The summed E-state index contributed by atoms with van der Waals surface area (Å²) in [4.78, 5) is 72.9. The van der Waals surface area contributed by atoms with E-state index in [1.807, 2.05) is 0 Å². The fourth-order valence-corrected chi connectivity index (χ4v) is 12.7. The Kier molecular flexibility index (Phi) is 60.3. The van der Waals surface area contributed by atoms with Crippen LogP contribution in [0, 0.1) is 5.41 Å². The van der Waals surface area contributed by atoms with E-state index < -0.39 is 35.5 Å². The average Bonchev–Trinajstić information content (AvgIpc) is 1.75. The number of hydrogen-bond donors (Lipinski definition) is 6. The molecule has 2 atom stereocenters. The number of hydrogen-bond acceptors (Lipinski definition) is 17. The lowest BCUT2D eigenvalue weighted by molar-refractivity contribution is -0.893. The van der Waals surface area contributed by atoms with Crippen LogP contribution in [0.15, 0.2) is 42.5 Å². The molecule has 1 saturated carbocycles. The Bertz CT molecular complexity index is 2630. The zero-order valence-electron chi connectivity index (χ0n) is 66.1. The first-order chi connectivity index (χ1) is 52.6. The first-order valence-corrected chi connectivity index (χ1v) is 40.8. The highest BCUT2D eigenvalue weighted by atomic mass is 35.5. The van der Waals surface area contributed by atoms with Crippen LogP contribution in [-0.2, 0) is 82.5 Å². The zero-order valence-corrected chi connectivity index (χ0v) is 67.6. The molecule has 2 aromatic rings. The molecule has 109 heavy (non-hydrogen) atoms. The number of carboxylic acids is 2. The van der Waals surface area contributed by atoms with Crippen LogP contribution in [0.1, 0.15) is 210 Å². The summed E-state index contributed by atoms with van der Waals surface area (Å²) in [6, 6.07) is 10.2.